The van der Waals surface area contributed by atoms with Gasteiger partial charge in [0.05, 0.1) is 17.6 Å². The monoisotopic (exact) mass is 322 g/mol. The van der Waals surface area contributed by atoms with E-state index in [4.69, 9.17) is 0 Å². The molecule has 1 aliphatic rings. The Kier molecular flexibility index (Phi) is 4.15. The van der Waals surface area contributed by atoms with Gasteiger partial charge in [0.1, 0.15) is 0 Å². The first-order valence-electron chi connectivity index (χ1n) is 7.26. The number of carbonyl (C=O) groups excluding carboxylic acids is 3. The number of carbonyl (C=O) groups is 3. The quantitative estimate of drug-likeness (QED) is 0.691. The Labute approximate surface area is 138 Å². The fourth-order valence-corrected chi connectivity index (χ4v) is 2.32. The van der Waals surface area contributed by atoms with Crippen molar-refractivity contribution in [1.29, 1.82) is 0 Å². The number of nitrogens with one attached hydrogen (secondary N) is 1. The van der Waals surface area contributed by atoms with Gasteiger partial charge in [-0.1, -0.05) is 12.1 Å². The number of benzene rings is 1. The highest BCUT2D eigenvalue weighted by atomic mass is 16.2. The van der Waals surface area contributed by atoms with Crippen LogP contribution in [0, 0.1) is 12.8 Å². The van der Waals surface area contributed by atoms with Gasteiger partial charge in [-0.3, -0.25) is 24.9 Å². The standard InChI is InChI=1S/C17H14N4O3/c1-11-4-2-6-13(8-11)21-16(23)14(15(22)20-17(21)24)10-19-12-5-3-7-18-9-12/h2-10,14H,1H3,(H,20,22,24)/t14-/m1/s1. The summed E-state index contributed by atoms with van der Waals surface area (Å²) >= 11 is 0. The van der Waals surface area contributed by atoms with Crippen molar-refractivity contribution in [3.05, 3.63) is 54.4 Å². The van der Waals surface area contributed by atoms with Crippen LogP contribution < -0.4 is 10.2 Å². The molecule has 1 aliphatic heterocycles. The molecule has 7 nitrogen and oxygen atoms in total. The molecule has 1 saturated heterocycles. The van der Waals surface area contributed by atoms with Gasteiger partial charge in [0.2, 0.25) is 5.91 Å². The molecule has 4 amide bonds. The number of nitrogens with zero attached hydrogens (tertiary/aromatic N) is 3. The van der Waals surface area contributed by atoms with E-state index < -0.39 is 23.8 Å². The number of amides is 4. The third-order valence-corrected chi connectivity index (χ3v) is 3.48. The molecule has 120 valence electrons. The molecule has 0 aliphatic carbocycles. The van der Waals surface area contributed by atoms with E-state index in [2.05, 4.69) is 15.3 Å². The highest BCUT2D eigenvalue weighted by Gasteiger charge is 2.40. The van der Waals surface area contributed by atoms with Gasteiger partial charge in [0.25, 0.3) is 5.91 Å². The van der Waals surface area contributed by atoms with E-state index in [1.54, 1.807) is 36.5 Å². The molecule has 2 heterocycles. The lowest BCUT2D eigenvalue weighted by molar-refractivity contribution is -0.131. The number of anilines is 1. The molecule has 0 bridgehead atoms. The van der Waals surface area contributed by atoms with Crippen LogP contribution in [0.25, 0.3) is 0 Å². The molecule has 1 fully saturated rings. The SMILES string of the molecule is Cc1cccc(N2C(=O)NC(=O)[C@@H](C=Nc3cccnc3)C2=O)c1. The van der Waals surface area contributed by atoms with Crippen LogP contribution >= 0.6 is 0 Å². The zero-order valence-electron chi connectivity index (χ0n) is 12.8. The molecule has 7 heteroatoms. The number of rotatable bonds is 3. The molecule has 1 atom stereocenters. The number of hydrogen-bond acceptors (Lipinski definition) is 5. The largest absolute Gasteiger partial charge is 0.335 e. The number of aryl methyl sites for hydroxylation is 1. The van der Waals surface area contributed by atoms with Crippen LogP contribution in [0.4, 0.5) is 16.2 Å². The lowest BCUT2D eigenvalue weighted by Crippen LogP contribution is -2.58. The first kappa shape index (κ1) is 15.5. The third-order valence-electron chi connectivity index (χ3n) is 3.48. The minimum atomic E-state index is -1.18. The van der Waals surface area contributed by atoms with E-state index >= 15 is 0 Å². The van der Waals surface area contributed by atoms with Crippen LogP contribution in [0.1, 0.15) is 5.56 Å². The Morgan fingerprint density at radius 3 is 2.75 bits per heavy atom. The van der Waals surface area contributed by atoms with E-state index in [0.29, 0.717) is 11.4 Å². The second-order valence-corrected chi connectivity index (χ2v) is 5.27. The summed E-state index contributed by atoms with van der Waals surface area (Å²) in [5.74, 6) is -2.51. The summed E-state index contributed by atoms with van der Waals surface area (Å²) in [6.45, 7) is 1.85. The zero-order chi connectivity index (χ0) is 17.1. The van der Waals surface area contributed by atoms with Gasteiger partial charge < -0.3 is 0 Å². The van der Waals surface area contributed by atoms with Gasteiger partial charge in [-0.2, -0.15) is 0 Å². The predicted molar refractivity (Wildman–Crippen MR) is 88.1 cm³/mol. The molecule has 0 radical (unpaired) electrons. The molecular weight excluding hydrogens is 308 g/mol. The van der Waals surface area contributed by atoms with Gasteiger partial charge in [-0.05, 0) is 36.8 Å². The van der Waals surface area contributed by atoms with Gasteiger partial charge >= 0.3 is 6.03 Å². The van der Waals surface area contributed by atoms with Crippen LogP contribution in [-0.2, 0) is 9.59 Å². The molecule has 2 aromatic rings. The fraction of sp³-hybridized carbons (Fsp3) is 0.118. The van der Waals surface area contributed by atoms with Crippen molar-refractivity contribution >= 4 is 35.4 Å². The fourth-order valence-electron chi connectivity index (χ4n) is 2.32. The summed E-state index contributed by atoms with van der Waals surface area (Å²) in [6.07, 6.45) is 4.32. The molecule has 1 aromatic carbocycles. The lowest BCUT2D eigenvalue weighted by atomic mass is 10.1. The Balaban J connectivity index is 1.90. The summed E-state index contributed by atoms with van der Waals surface area (Å²) in [7, 11) is 0. The number of imide groups is 2. The minimum absolute atomic E-state index is 0.407. The number of pyridine rings is 1. The van der Waals surface area contributed by atoms with Crippen LogP contribution in [0.15, 0.2) is 53.8 Å². The summed E-state index contributed by atoms with van der Waals surface area (Å²) in [6, 6.07) is 9.54. The molecule has 1 aromatic heterocycles. The van der Waals surface area contributed by atoms with Crippen molar-refractivity contribution in [3.8, 4) is 0 Å². The molecular formula is C17H14N4O3. The summed E-state index contributed by atoms with van der Waals surface area (Å²) in [4.78, 5) is 45.6. The summed E-state index contributed by atoms with van der Waals surface area (Å²) in [5, 5.41) is 2.18. The maximum atomic E-state index is 12.6. The Morgan fingerprint density at radius 2 is 2.04 bits per heavy atom. The predicted octanol–water partition coefficient (Wildman–Crippen LogP) is 1.99. The van der Waals surface area contributed by atoms with E-state index in [1.165, 1.54) is 12.4 Å². The lowest BCUT2D eigenvalue weighted by Gasteiger charge is -2.28. The molecule has 3 rings (SSSR count). The topological polar surface area (TPSA) is 91.7 Å². The van der Waals surface area contributed by atoms with Gasteiger partial charge in [-0.25, -0.2) is 9.69 Å². The molecule has 0 saturated carbocycles. The van der Waals surface area contributed by atoms with Crippen molar-refractivity contribution in [1.82, 2.24) is 10.3 Å². The third kappa shape index (κ3) is 3.05. The van der Waals surface area contributed by atoms with E-state index in [-0.39, 0.29) is 0 Å². The van der Waals surface area contributed by atoms with Crippen molar-refractivity contribution in [2.45, 2.75) is 6.92 Å². The second kappa shape index (κ2) is 6.41. The van der Waals surface area contributed by atoms with E-state index in [9.17, 15) is 14.4 Å². The number of hydrogen-bond donors (Lipinski definition) is 1. The average Bonchev–Trinajstić information content (AvgIpc) is 2.55. The molecule has 0 unspecified atom stereocenters. The normalized spacial score (nSPS) is 18.1. The van der Waals surface area contributed by atoms with Crippen molar-refractivity contribution in [2.24, 2.45) is 10.9 Å². The number of urea groups is 1. The van der Waals surface area contributed by atoms with E-state index in [1.807, 2.05) is 13.0 Å². The van der Waals surface area contributed by atoms with Crippen molar-refractivity contribution in [3.63, 3.8) is 0 Å². The molecule has 24 heavy (non-hydrogen) atoms. The van der Waals surface area contributed by atoms with E-state index in [0.717, 1.165) is 10.5 Å². The number of aliphatic imine (C=N–C) groups is 1. The van der Waals surface area contributed by atoms with Crippen LogP contribution in [0.2, 0.25) is 0 Å². The average molecular weight is 322 g/mol. The number of barbiturate groups is 1. The Hall–Kier alpha value is -3.35. The van der Waals surface area contributed by atoms with Gasteiger partial charge in [0, 0.05) is 12.4 Å². The van der Waals surface area contributed by atoms with Crippen LogP contribution in [0.5, 0.6) is 0 Å². The maximum Gasteiger partial charge on any atom is 0.335 e. The Bertz CT molecular complexity index is 833. The van der Waals surface area contributed by atoms with Crippen LogP contribution in [0.3, 0.4) is 0 Å². The van der Waals surface area contributed by atoms with Crippen LogP contribution in [-0.4, -0.2) is 29.0 Å². The minimum Gasteiger partial charge on any atom is -0.276 e. The zero-order valence-corrected chi connectivity index (χ0v) is 12.8. The van der Waals surface area contributed by atoms with Gasteiger partial charge in [0.15, 0.2) is 5.92 Å². The van der Waals surface area contributed by atoms with Crippen molar-refractivity contribution in [2.75, 3.05) is 4.90 Å². The summed E-state index contributed by atoms with van der Waals surface area (Å²) in [5.41, 5.74) is 1.81. The summed E-state index contributed by atoms with van der Waals surface area (Å²) < 4.78 is 0. The highest BCUT2D eigenvalue weighted by molar-refractivity contribution is 6.32. The van der Waals surface area contributed by atoms with Gasteiger partial charge in [-0.15, -0.1) is 0 Å². The smallest absolute Gasteiger partial charge is 0.276 e. The first-order chi connectivity index (χ1) is 11.6. The molecule has 1 N–H and O–H groups in total. The maximum absolute atomic E-state index is 12.6. The second-order valence-electron chi connectivity index (χ2n) is 5.27. The highest BCUT2D eigenvalue weighted by Crippen LogP contribution is 2.21. The number of aromatic nitrogens is 1. The Morgan fingerprint density at radius 1 is 1.21 bits per heavy atom. The van der Waals surface area contributed by atoms with Crippen molar-refractivity contribution < 1.29 is 14.4 Å². The molecule has 0 spiro atoms. The first-order valence-corrected chi connectivity index (χ1v) is 7.26.